The summed E-state index contributed by atoms with van der Waals surface area (Å²) in [6.07, 6.45) is 1.60. The highest BCUT2D eigenvalue weighted by Crippen LogP contribution is 2.45. The molecule has 3 N–H and O–H groups in total. The molecule has 2 amide bonds. The third kappa shape index (κ3) is 4.91. The van der Waals surface area contributed by atoms with Crippen molar-refractivity contribution in [2.45, 2.75) is 31.7 Å². The molecule has 0 spiro atoms. The van der Waals surface area contributed by atoms with Crippen LogP contribution in [0.2, 0.25) is 5.02 Å². The van der Waals surface area contributed by atoms with Crippen molar-refractivity contribution in [3.8, 4) is 16.9 Å². The number of nitrogens with one attached hydrogen (secondary N) is 1. The van der Waals surface area contributed by atoms with Crippen LogP contribution in [0, 0.1) is 12.7 Å². The number of halogens is 2. The topological polar surface area (TPSA) is 133 Å². The molecule has 0 bridgehead atoms. The lowest BCUT2D eigenvalue weighted by atomic mass is 9.98. The summed E-state index contributed by atoms with van der Waals surface area (Å²) in [5, 5.41) is 7.84. The first-order chi connectivity index (χ1) is 19.7. The number of furan rings is 1. The number of carbonyl (C=O) groups excluding carboxylic acids is 2. The predicted molar refractivity (Wildman–Crippen MR) is 148 cm³/mol. The molecule has 1 aliphatic carbocycles. The van der Waals surface area contributed by atoms with Gasteiger partial charge in [-0.15, -0.1) is 0 Å². The second-order valence-corrected chi connectivity index (χ2v) is 10.4. The normalized spacial score (nSPS) is 13.8. The molecule has 2 heterocycles. The zero-order valence-corrected chi connectivity index (χ0v) is 22.8. The van der Waals surface area contributed by atoms with Gasteiger partial charge in [0.15, 0.2) is 5.82 Å². The van der Waals surface area contributed by atoms with Crippen LogP contribution in [0.4, 0.5) is 4.39 Å². The van der Waals surface area contributed by atoms with Gasteiger partial charge in [-0.2, -0.15) is 4.98 Å². The molecule has 0 radical (unpaired) electrons. The largest absolute Gasteiger partial charge is 0.496 e. The number of amides is 2. The number of aromatic nitrogens is 2. The summed E-state index contributed by atoms with van der Waals surface area (Å²) < 4.78 is 29.9. The zero-order chi connectivity index (χ0) is 28.9. The number of carbonyl (C=O) groups is 2. The van der Waals surface area contributed by atoms with E-state index in [4.69, 9.17) is 31.0 Å². The average Bonchev–Trinajstić information content (AvgIpc) is 3.42. The third-order valence-corrected chi connectivity index (χ3v) is 7.50. The van der Waals surface area contributed by atoms with Crippen LogP contribution in [0.15, 0.2) is 63.5 Å². The number of hydrogen-bond acceptors (Lipinski definition) is 7. The maximum Gasteiger partial charge on any atom is 0.255 e. The van der Waals surface area contributed by atoms with Gasteiger partial charge in [-0.1, -0.05) is 35.0 Å². The van der Waals surface area contributed by atoms with Crippen LogP contribution in [0.3, 0.4) is 0 Å². The first kappa shape index (κ1) is 26.5. The first-order valence-corrected chi connectivity index (χ1v) is 13.2. The molecule has 0 unspecified atom stereocenters. The summed E-state index contributed by atoms with van der Waals surface area (Å²) in [7, 11) is 1.46. The highest BCUT2D eigenvalue weighted by molar-refractivity contribution is 6.33. The minimum atomic E-state index is -0.702. The molecule has 0 saturated heterocycles. The van der Waals surface area contributed by atoms with Gasteiger partial charge in [-0.25, -0.2) is 4.39 Å². The maximum atomic E-state index is 13.5. The van der Waals surface area contributed by atoms with Crippen molar-refractivity contribution in [3.63, 3.8) is 0 Å². The van der Waals surface area contributed by atoms with Crippen molar-refractivity contribution in [1.29, 1.82) is 0 Å². The summed E-state index contributed by atoms with van der Waals surface area (Å²) in [6, 6.07) is 14.4. The summed E-state index contributed by atoms with van der Waals surface area (Å²) in [5.74, 6) is 0.0901. The van der Waals surface area contributed by atoms with Crippen molar-refractivity contribution in [2.24, 2.45) is 5.73 Å². The average molecular weight is 575 g/mol. The molecule has 0 aliphatic heterocycles. The fraction of sp³-hybridized carbons (Fsp3) is 0.200. The van der Waals surface area contributed by atoms with Crippen LogP contribution in [0.1, 0.15) is 56.6 Å². The molecule has 41 heavy (non-hydrogen) atoms. The van der Waals surface area contributed by atoms with Crippen molar-refractivity contribution >= 4 is 34.4 Å². The molecule has 1 aliphatic rings. The van der Waals surface area contributed by atoms with E-state index in [1.165, 1.54) is 19.2 Å². The molecular weight excluding hydrogens is 551 g/mol. The molecule has 208 valence electrons. The van der Waals surface area contributed by atoms with Crippen LogP contribution in [-0.2, 0) is 12.0 Å². The van der Waals surface area contributed by atoms with E-state index in [0.29, 0.717) is 63.2 Å². The van der Waals surface area contributed by atoms with Gasteiger partial charge in [0.1, 0.15) is 28.4 Å². The second kappa shape index (κ2) is 10.0. The summed E-state index contributed by atoms with van der Waals surface area (Å²) in [6.45, 7) is 1.69. The Morgan fingerprint density at radius 2 is 1.90 bits per heavy atom. The fourth-order valence-corrected chi connectivity index (χ4v) is 5.19. The predicted octanol–water partition coefficient (Wildman–Crippen LogP) is 5.70. The van der Waals surface area contributed by atoms with Gasteiger partial charge in [0.2, 0.25) is 5.89 Å². The van der Waals surface area contributed by atoms with Crippen LogP contribution in [-0.4, -0.2) is 29.1 Å². The molecule has 2 aromatic heterocycles. The van der Waals surface area contributed by atoms with Crippen LogP contribution < -0.4 is 15.8 Å². The highest BCUT2D eigenvalue weighted by atomic mass is 35.5. The molecule has 5 aromatic rings. The van der Waals surface area contributed by atoms with Gasteiger partial charge < -0.3 is 24.7 Å². The van der Waals surface area contributed by atoms with E-state index < -0.39 is 11.4 Å². The van der Waals surface area contributed by atoms with E-state index in [9.17, 15) is 14.0 Å². The monoisotopic (exact) mass is 574 g/mol. The molecule has 1 saturated carbocycles. The minimum absolute atomic E-state index is 0.222. The van der Waals surface area contributed by atoms with E-state index in [1.807, 2.05) is 0 Å². The Hall–Kier alpha value is -4.70. The van der Waals surface area contributed by atoms with Crippen LogP contribution in [0.25, 0.3) is 22.1 Å². The zero-order valence-electron chi connectivity index (χ0n) is 22.1. The Bertz CT molecular complexity index is 1820. The van der Waals surface area contributed by atoms with Crippen LogP contribution in [0.5, 0.6) is 5.75 Å². The number of benzene rings is 3. The van der Waals surface area contributed by atoms with Gasteiger partial charge in [0.05, 0.1) is 23.3 Å². The number of nitrogens with two attached hydrogens (primary N) is 1. The number of rotatable bonds is 8. The van der Waals surface area contributed by atoms with Crippen molar-refractivity contribution in [3.05, 3.63) is 99.6 Å². The van der Waals surface area contributed by atoms with Crippen molar-refractivity contribution < 1.29 is 27.7 Å². The lowest BCUT2D eigenvalue weighted by Crippen LogP contribution is -2.36. The summed E-state index contributed by atoms with van der Waals surface area (Å²) >= 11 is 6.65. The molecule has 9 nitrogen and oxygen atoms in total. The maximum absolute atomic E-state index is 13.5. The lowest BCUT2D eigenvalue weighted by Gasteiger charge is -2.17. The Labute approximate surface area is 238 Å². The highest BCUT2D eigenvalue weighted by Gasteiger charge is 2.50. The smallest absolute Gasteiger partial charge is 0.255 e. The standard InChI is InChI=1S/C30H24ClFN4O5/c1-15-34-29(36-41-15)30(9-10-30)35-28(38)21-13-19(22(31)14-24(21)39-2)17-5-8-23-20(12-17)26(27(33)37)25(40-23)11-16-3-6-18(32)7-4-16/h3-8,12-14H,9-11H2,1-2H3,(H2,33,37)(H,35,38). The minimum Gasteiger partial charge on any atom is -0.496 e. The Balaban J connectivity index is 1.38. The number of aryl methyl sites for hydroxylation is 1. The van der Waals surface area contributed by atoms with E-state index >= 15 is 0 Å². The molecule has 1 fully saturated rings. The Morgan fingerprint density at radius 3 is 2.54 bits per heavy atom. The van der Waals surface area contributed by atoms with Crippen molar-refractivity contribution in [1.82, 2.24) is 15.5 Å². The van der Waals surface area contributed by atoms with E-state index in [2.05, 4.69) is 15.5 Å². The van der Waals surface area contributed by atoms with Gasteiger partial charge in [-0.05, 0) is 54.3 Å². The lowest BCUT2D eigenvalue weighted by molar-refractivity contribution is 0.0924. The number of fused-ring (bicyclic) bond motifs is 1. The fourth-order valence-electron chi connectivity index (χ4n) is 4.93. The molecule has 6 rings (SSSR count). The Morgan fingerprint density at radius 1 is 1.15 bits per heavy atom. The SMILES string of the molecule is COc1cc(Cl)c(-c2ccc3oc(Cc4ccc(F)cc4)c(C(N)=O)c3c2)cc1C(=O)NC1(c2noc(C)n2)CC1. The van der Waals surface area contributed by atoms with Crippen molar-refractivity contribution in [2.75, 3.05) is 7.11 Å². The van der Waals surface area contributed by atoms with Crippen LogP contribution >= 0.6 is 11.6 Å². The number of nitrogens with zero attached hydrogens (tertiary/aromatic N) is 2. The number of ether oxygens (including phenoxy) is 1. The van der Waals surface area contributed by atoms with E-state index in [1.54, 1.807) is 49.4 Å². The van der Waals surface area contributed by atoms with Gasteiger partial charge in [0, 0.05) is 30.4 Å². The molecule has 3 aromatic carbocycles. The van der Waals surface area contributed by atoms with Gasteiger partial charge >= 0.3 is 0 Å². The first-order valence-electron chi connectivity index (χ1n) is 12.8. The Kier molecular flexibility index (Phi) is 6.50. The molecular formula is C30H24ClFN4O5. The van der Waals surface area contributed by atoms with Gasteiger partial charge in [0.25, 0.3) is 11.8 Å². The van der Waals surface area contributed by atoms with E-state index in [-0.39, 0.29) is 29.3 Å². The molecule has 11 heteroatoms. The molecule has 0 atom stereocenters. The van der Waals surface area contributed by atoms with Gasteiger partial charge in [-0.3, -0.25) is 9.59 Å². The summed E-state index contributed by atoms with van der Waals surface area (Å²) in [5.41, 5.74) is 7.93. The number of primary amides is 1. The van der Waals surface area contributed by atoms with E-state index in [0.717, 1.165) is 5.56 Å². The number of hydrogen-bond donors (Lipinski definition) is 2. The quantitative estimate of drug-likeness (QED) is 0.243. The summed E-state index contributed by atoms with van der Waals surface area (Å²) in [4.78, 5) is 30.3. The number of methoxy groups -OCH3 is 1. The second-order valence-electron chi connectivity index (χ2n) is 9.98. The third-order valence-electron chi connectivity index (χ3n) is 7.19.